The first-order valence-corrected chi connectivity index (χ1v) is 7.05. The zero-order valence-electron chi connectivity index (χ0n) is 10.9. The molecule has 0 unspecified atom stereocenters. The van der Waals surface area contributed by atoms with Gasteiger partial charge in [-0.3, -0.25) is 0 Å². The van der Waals surface area contributed by atoms with Gasteiger partial charge in [-0.15, -0.1) is 0 Å². The minimum Gasteiger partial charge on any atom is -0.338 e. The van der Waals surface area contributed by atoms with E-state index in [9.17, 15) is 4.79 Å². The van der Waals surface area contributed by atoms with Crippen molar-refractivity contribution in [1.29, 1.82) is 0 Å². The molecule has 1 aliphatic carbocycles. The number of urea groups is 1. The molecule has 1 aliphatic heterocycles. The molecular weight excluding hydrogens is 214 g/mol. The molecule has 0 aromatic rings. The van der Waals surface area contributed by atoms with Crippen molar-refractivity contribution >= 4 is 6.03 Å². The Morgan fingerprint density at radius 1 is 1.35 bits per heavy atom. The second kappa shape index (κ2) is 5.71. The molecule has 4 heteroatoms. The van der Waals surface area contributed by atoms with Crippen LogP contribution >= 0.6 is 0 Å². The largest absolute Gasteiger partial charge is 0.338 e. The van der Waals surface area contributed by atoms with Gasteiger partial charge in [0, 0.05) is 26.2 Å². The highest BCUT2D eigenvalue weighted by Crippen LogP contribution is 2.34. The summed E-state index contributed by atoms with van der Waals surface area (Å²) < 4.78 is 0. The Hall–Kier alpha value is -0.770. The molecule has 0 bridgehead atoms. The second-order valence-electron chi connectivity index (χ2n) is 5.35. The van der Waals surface area contributed by atoms with Crippen LogP contribution in [0.25, 0.3) is 0 Å². The molecule has 0 aromatic carbocycles. The zero-order valence-corrected chi connectivity index (χ0v) is 10.9. The molecule has 2 amide bonds. The maximum atomic E-state index is 12.2. The summed E-state index contributed by atoms with van der Waals surface area (Å²) in [4.78, 5) is 14.3. The third kappa shape index (κ3) is 2.73. The summed E-state index contributed by atoms with van der Waals surface area (Å²) in [5.74, 6) is 0. The highest BCUT2D eigenvalue weighted by molar-refractivity contribution is 5.75. The number of carbonyl (C=O) groups excluding carboxylic acids is 1. The van der Waals surface area contributed by atoms with E-state index in [0.717, 1.165) is 32.6 Å². The minimum absolute atomic E-state index is 0.105. The monoisotopic (exact) mass is 239 g/mol. The van der Waals surface area contributed by atoms with E-state index in [-0.39, 0.29) is 11.6 Å². The van der Waals surface area contributed by atoms with Gasteiger partial charge in [-0.2, -0.15) is 0 Å². The molecule has 2 rings (SSSR count). The number of carbonyl (C=O) groups is 1. The highest BCUT2D eigenvalue weighted by Gasteiger charge is 2.41. The van der Waals surface area contributed by atoms with Gasteiger partial charge >= 0.3 is 6.03 Å². The van der Waals surface area contributed by atoms with Gasteiger partial charge in [-0.1, -0.05) is 26.2 Å². The first-order chi connectivity index (χ1) is 8.28. The Balaban J connectivity index is 2.03. The Kier molecular flexibility index (Phi) is 4.26. The van der Waals surface area contributed by atoms with E-state index in [0.29, 0.717) is 0 Å². The molecule has 1 heterocycles. The molecule has 0 radical (unpaired) electrons. The lowest BCUT2D eigenvalue weighted by molar-refractivity contribution is 0.0571. The number of amides is 2. The number of piperazine rings is 1. The van der Waals surface area contributed by atoms with Gasteiger partial charge in [0.1, 0.15) is 0 Å². The summed E-state index contributed by atoms with van der Waals surface area (Å²) in [6.45, 7) is 5.65. The molecule has 98 valence electrons. The molecule has 2 aliphatic rings. The summed E-state index contributed by atoms with van der Waals surface area (Å²) in [5.41, 5.74) is 0.105. The summed E-state index contributed by atoms with van der Waals surface area (Å²) in [5, 5.41) is 6.50. The van der Waals surface area contributed by atoms with Crippen molar-refractivity contribution in [1.82, 2.24) is 15.5 Å². The average molecular weight is 239 g/mol. The Bertz CT molecular complexity index is 253. The quantitative estimate of drug-likeness (QED) is 0.770. The van der Waals surface area contributed by atoms with Crippen LogP contribution in [0.5, 0.6) is 0 Å². The van der Waals surface area contributed by atoms with Crippen molar-refractivity contribution in [3.05, 3.63) is 0 Å². The Labute approximate surface area is 104 Å². The van der Waals surface area contributed by atoms with E-state index >= 15 is 0 Å². The fourth-order valence-corrected chi connectivity index (χ4v) is 3.15. The number of hydrogen-bond acceptors (Lipinski definition) is 2. The van der Waals surface area contributed by atoms with E-state index in [1.165, 1.54) is 32.1 Å². The number of rotatable bonds is 2. The Morgan fingerprint density at radius 3 is 2.82 bits per heavy atom. The van der Waals surface area contributed by atoms with Crippen molar-refractivity contribution in [3.8, 4) is 0 Å². The van der Waals surface area contributed by atoms with Gasteiger partial charge in [-0.25, -0.2) is 4.79 Å². The lowest BCUT2D eigenvalue weighted by Crippen LogP contribution is -2.65. The molecule has 4 nitrogen and oxygen atoms in total. The predicted molar refractivity (Wildman–Crippen MR) is 69.1 cm³/mol. The highest BCUT2D eigenvalue weighted by atomic mass is 16.2. The summed E-state index contributed by atoms with van der Waals surface area (Å²) in [6.07, 6.45) is 7.19. The standard InChI is InChI=1S/C13H25N3O/c1-2-8-15-12(17)16-10-9-14-11-13(16)6-4-3-5-7-13/h14H,2-11H2,1H3,(H,15,17). The molecule has 1 saturated carbocycles. The van der Waals surface area contributed by atoms with Gasteiger partial charge in [0.2, 0.25) is 0 Å². The van der Waals surface area contributed by atoms with Crippen molar-refractivity contribution in [3.63, 3.8) is 0 Å². The predicted octanol–water partition coefficient (Wildman–Crippen LogP) is 1.71. The van der Waals surface area contributed by atoms with E-state index in [4.69, 9.17) is 0 Å². The van der Waals surface area contributed by atoms with Crippen LogP contribution in [-0.2, 0) is 0 Å². The summed E-state index contributed by atoms with van der Waals surface area (Å²) >= 11 is 0. The van der Waals surface area contributed by atoms with Crippen LogP contribution in [-0.4, -0.2) is 42.6 Å². The SMILES string of the molecule is CCCNC(=O)N1CCNCC12CCCCC2. The smallest absolute Gasteiger partial charge is 0.317 e. The van der Waals surface area contributed by atoms with Gasteiger partial charge in [0.15, 0.2) is 0 Å². The van der Waals surface area contributed by atoms with E-state index in [2.05, 4.69) is 22.5 Å². The van der Waals surface area contributed by atoms with Crippen molar-refractivity contribution < 1.29 is 4.79 Å². The van der Waals surface area contributed by atoms with Crippen LogP contribution in [0.1, 0.15) is 45.4 Å². The first kappa shape index (κ1) is 12.7. The summed E-state index contributed by atoms with van der Waals surface area (Å²) in [6, 6.07) is 0.148. The fourth-order valence-electron chi connectivity index (χ4n) is 3.15. The van der Waals surface area contributed by atoms with Crippen molar-refractivity contribution in [2.75, 3.05) is 26.2 Å². The molecular formula is C13H25N3O. The maximum Gasteiger partial charge on any atom is 0.317 e. The molecule has 2 N–H and O–H groups in total. The van der Waals surface area contributed by atoms with Crippen LogP contribution in [0.4, 0.5) is 4.79 Å². The van der Waals surface area contributed by atoms with Gasteiger partial charge < -0.3 is 15.5 Å². The van der Waals surface area contributed by atoms with Crippen molar-refractivity contribution in [2.24, 2.45) is 0 Å². The number of hydrogen-bond donors (Lipinski definition) is 2. The molecule has 2 fully saturated rings. The molecule has 0 atom stereocenters. The molecule has 1 spiro atoms. The fraction of sp³-hybridized carbons (Fsp3) is 0.923. The zero-order chi connectivity index (χ0) is 12.1. The van der Waals surface area contributed by atoms with Crippen LogP contribution < -0.4 is 10.6 Å². The van der Waals surface area contributed by atoms with Gasteiger partial charge in [0.05, 0.1) is 5.54 Å². The van der Waals surface area contributed by atoms with E-state index in [1.54, 1.807) is 0 Å². The van der Waals surface area contributed by atoms with Crippen molar-refractivity contribution in [2.45, 2.75) is 51.0 Å². The van der Waals surface area contributed by atoms with Gasteiger partial charge in [0.25, 0.3) is 0 Å². The molecule has 17 heavy (non-hydrogen) atoms. The number of nitrogens with zero attached hydrogens (tertiary/aromatic N) is 1. The first-order valence-electron chi connectivity index (χ1n) is 7.05. The van der Waals surface area contributed by atoms with Gasteiger partial charge in [-0.05, 0) is 19.3 Å². The van der Waals surface area contributed by atoms with E-state index < -0.39 is 0 Å². The van der Waals surface area contributed by atoms with Crippen LogP contribution in [0.3, 0.4) is 0 Å². The van der Waals surface area contributed by atoms with E-state index in [1.807, 2.05) is 0 Å². The second-order valence-corrected chi connectivity index (χ2v) is 5.35. The maximum absolute atomic E-state index is 12.2. The number of nitrogens with one attached hydrogen (secondary N) is 2. The summed E-state index contributed by atoms with van der Waals surface area (Å²) in [7, 11) is 0. The third-order valence-corrected chi connectivity index (χ3v) is 4.09. The lowest BCUT2D eigenvalue weighted by atomic mass is 9.79. The molecule has 1 saturated heterocycles. The normalized spacial score (nSPS) is 23.7. The van der Waals surface area contributed by atoms with Crippen LogP contribution in [0.15, 0.2) is 0 Å². The average Bonchev–Trinajstić information content (AvgIpc) is 2.37. The molecule has 0 aromatic heterocycles. The minimum atomic E-state index is 0.105. The lowest BCUT2D eigenvalue weighted by Gasteiger charge is -2.49. The topological polar surface area (TPSA) is 44.4 Å². The van der Waals surface area contributed by atoms with Crippen LogP contribution in [0.2, 0.25) is 0 Å². The third-order valence-electron chi connectivity index (χ3n) is 4.09. The Morgan fingerprint density at radius 2 is 2.12 bits per heavy atom. The van der Waals surface area contributed by atoms with Crippen LogP contribution in [0, 0.1) is 0 Å².